The lowest BCUT2D eigenvalue weighted by molar-refractivity contribution is -0.0504. The molecule has 0 bridgehead atoms. The number of ether oxygens (including phenoxy) is 2. The second-order valence-electron chi connectivity index (χ2n) is 6.71. The summed E-state index contributed by atoms with van der Waals surface area (Å²) in [6, 6.07) is 5.06. The molecule has 0 aliphatic heterocycles. The number of hydrogen-bond acceptors (Lipinski definition) is 5. The van der Waals surface area contributed by atoms with Crippen LogP contribution in [-0.4, -0.2) is 47.1 Å². The number of benzene rings is 1. The molecule has 0 saturated heterocycles. The van der Waals surface area contributed by atoms with Gasteiger partial charge < -0.3 is 24.7 Å². The van der Waals surface area contributed by atoms with Gasteiger partial charge in [-0.25, -0.2) is 4.99 Å². The Labute approximate surface area is 175 Å². The van der Waals surface area contributed by atoms with Crippen LogP contribution in [0, 0.1) is 13.8 Å². The van der Waals surface area contributed by atoms with Crippen molar-refractivity contribution in [3.05, 3.63) is 41.0 Å². The zero-order valence-electron chi connectivity index (χ0n) is 17.9. The molecule has 1 aromatic carbocycles. The van der Waals surface area contributed by atoms with Crippen molar-refractivity contribution in [1.82, 2.24) is 25.4 Å². The van der Waals surface area contributed by atoms with E-state index in [9.17, 15) is 8.78 Å². The molecule has 0 amide bonds. The van der Waals surface area contributed by atoms with Crippen LogP contribution >= 0.6 is 0 Å². The van der Waals surface area contributed by atoms with Crippen molar-refractivity contribution < 1.29 is 18.3 Å². The van der Waals surface area contributed by atoms with Gasteiger partial charge in [-0.15, -0.1) is 10.2 Å². The largest absolute Gasteiger partial charge is 0.434 e. The zero-order chi connectivity index (χ0) is 21.9. The van der Waals surface area contributed by atoms with Crippen LogP contribution in [0.15, 0.2) is 23.2 Å². The van der Waals surface area contributed by atoms with Gasteiger partial charge in [0, 0.05) is 32.4 Å². The molecule has 2 rings (SSSR count). The van der Waals surface area contributed by atoms with E-state index >= 15 is 0 Å². The monoisotopic (exact) mass is 424 g/mol. The van der Waals surface area contributed by atoms with Crippen LogP contribution in [0.4, 0.5) is 8.78 Å². The van der Waals surface area contributed by atoms with Gasteiger partial charge in [-0.2, -0.15) is 8.78 Å². The molecule has 30 heavy (non-hydrogen) atoms. The number of aromatic nitrogens is 3. The Balaban J connectivity index is 2.09. The third kappa shape index (κ3) is 7.58. The van der Waals surface area contributed by atoms with Crippen LogP contribution in [0.25, 0.3) is 0 Å². The third-order valence-corrected chi connectivity index (χ3v) is 4.40. The van der Waals surface area contributed by atoms with Crippen molar-refractivity contribution in [2.45, 2.75) is 46.9 Å². The lowest BCUT2D eigenvalue weighted by atomic mass is 10.1. The van der Waals surface area contributed by atoms with E-state index in [1.165, 1.54) is 6.07 Å². The first-order chi connectivity index (χ1) is 14.4. The number of alkyl halides is 2. The number of aliphatic imine (C=N–C) groups is 1. The second-order valence-corrected chi connectivity index (χ2v) is 6.71. The molecule has 0 unspecified atom stereocenters. The molecule has 166 valence electrons. The molecule has 0 saturated carbocycles. The molecule has 2 N–H and O–H groups in total. The van der Waals surface area contributed by atoms with E-state index < -0.39 is 6.61 Å². The van der Waals surface area contributed by atoms with Gasteiger partial charge in [-0.05, 0) is 33.3 Å². The van der Waals surface area contributed by atoms with E-state index in [1.807, 2.05) is 32.4 Å². The number of guanidine groups is 1. The lowest BCUT2D eigenvalue weighted by Crippen LogP contribution is -2.38. The van der Waals surface area contributed by atoms with Gasteiger partial charge >= 0.3 is 6.61 Å². The number of nitrogens with zero attached hydrogens (tertiary/aromatic N) is 4. The van der Waals surface area contributed by atoms with E-state index in [1.54, 1.807) is 12.1 Å². The number of halogens is 2. The fourth-order valence-corrected chi connectivity index (χ4v) is 2.67. The van der Waals surface area contributed by atoms with Crippen LogP contribution in [0.1, 0.15) is 36.1 Å². The van der Waals surface area contributed by atoms with Crippen molar-refractivity contribution >= 4 is 5.96 Å². The van der Waals surface area contributed by atoms with Gasteiger partial charge in [0.2, 0.25) is 0 Å². The molecule has 10 heteroatoms. The summed E-state index contributed by atoms with van der Waals surface area (Å²) in [5.74, 6) is 2.23. The van der Waals surface area contributed by atoms with Gasteiger partial charge in [0.05, 0.1) is 13.1 Å². The van der Waals surface area contributed by atoms with Crippen molar-refractivity contribution in [2.24, 2.45) is 12.0 Å². The van der Waals surface area contributed by atoms with Crippen molar-refractivity contribution in [2.75, 3.05) is 19.8 Å². The highest BCUT2D eigenvalue weighted by Crippen LogP contribution is 2.22. The lowest BCUT2D eigenvalue weighted by Gasteiger charge is -2.14. The van der Waals surface area contributed by atoms with Crippen LogP contribution < -0.4 is 15.4 Å². The van der Waals surface area contributed by atoms with Crippen molar-refractivity contribution in [3.8, 4) is 5.75 Å². The third-order valence-electron chi connectivity index (χ3n) is 4.40. The summed E-state index contributed by atoms with van der Waals surface area (Å²) in [6.45, 7) is 5.40. The van der Waals surface area contributed by atoms with E-state index in [0.717, 1.165) is 23.6 Å². The Bertz CT molecular complexity index is 826. The predicted octanol–water partition coefficient (Wildman–Crippen LogP) is 2.70. The fraction of sp³-hybridized carbons (Fsp3) is 0.550. The number of hydrogen-bond donors (Lipinski definition) is 2. The van der Waals surface area contributed by atoms with Gasteiger partial charge in [-0.3, -0.25) is 0 Å². The summed E-state index contributed by atoms with van der Waals surface area (Å²) < 4.78 is 37.3. The SMILES string of the molecule is CCOCCCNC(=NCc1cc(C)ccc1OC(F)F)NCc1nnc(C)n1C. The first-order valence-electron chi connectivity index (χ1n) is 9.89. The van der Waals surface area contributed by atoms with E-state index in [0.29, 0.717) is 37.8 Å². The van der Waals surface area contributed by atoms with Gasteiger partial charge in [0.15, 0.2) is 11.8 Å². The Morgan fingerprint density at radius 3 is 2.70 bits per heavy atom. The Hall–Kier alpha value is -2.75. The summed E-state index contributed by atoms with van der Waals surface area (Å²) in [6.07, 6.45) is 0.807. The zero-order valence-corrected chi connectivity index (χ0v) is 17.9. The quantitative estimate of drug-likeness (QED) is 0.328. The molecule has 0 aliphatic carbocycles. The first kappa shape index (κ1) is 23.5. The molecule has 0 fully saturated rings. The van der Waals surface area contributed by atoms with Crippen LogP contribution in [-0.2, 0) is 24.9 Å². The Morgan fingerprint density at radius 2 is 2.03 bits per heavy atom. The maximum Gasteiger partial charge on any atom is 0.387 e. The topological polar surface area (TPSA) is 85.6 Å². The normalized spacial score (nSPS) is 11.8. The van der Waals surface area contributed by atoms with Crippen molar-refractivity contribution in [3.63, 3.8) is 0 Å². The predicted molar refractivity (Wildman–Crippen MR) is 111 cm³/mol. The molecule has 0 radical (unpaired) electrons. The Kier molecular flexibility index (Phi) is 9.46. The van der Waals surface area contributed by atoms with Crippen LogP contribution in [0.5, 0.6) is 5.75 Å². The van der Waals surface area contributed by atoms with Gasteiger partial charge in [0.1, 0.15) is 11.6 Å². The van der Waals surface area contributed by atoms with Gasteiger partial charge in [-0.1, -0.05) is 17.7 Å². The van der Waals surface area contributed by atoms with Crippen LogP contribution in [0.2, 0.25) is 0 Å². The van der Waals surface area contributed by atoms with Crippen LogP contribution in [0.3, 0.4) is 0 Å². The van der Waals surface area contributed by atoms with E-state index in [-0.39, 0.29) is 12.3 Å². The number of rotatable bonds is 11. The maximum absolute atomic E-state index is 12.7. The molecule has 8 nitrogen and oxygen atoms in total. The standard InChI is InChI=1S/C20H30F2N6O2/c1-5-29-10-6-9-23-20(25-13-18-27-26-15(3)28(18)4)24-12-16-11-14(2)7-8-17(16)30-19(21)22/h7-8,11,19H,5-6,9-10,12-13H2,1-4H3,(H2,23,24,25). The Morgan fingerprint density at radius 1 is 1.23 bits per heavy atom. The minimum atomic E-state index is -2.89. The second kappa shape index (κ2) is 12.1. The number of nitrogens with one attached hydrogen (secondary N) is 2. The molecule has 1 aromatic heterocycles. The molecule has 2 aromatic rings. The fourth-order valence-electron chi connectivity index (χ4n) is 2.67. The summed E-state index contributed by atoms with van der Waals surface area (Å²) in [5, 5.41) is 14.6. The summed E-state index contributed by atoms with van der Waals surface area (Å²) in [5.41, 5.74) is 1.52. The molecule has 1 heterocycles. The number of aryl methyl sites for hydroxylation is 2. The molecule has 0 spiro atoms. The van der Waals surface area contributed by atoms with E-state index in [2.05, 4.69) is 30.6 Å². The highest BCUT2D eigenvalue weighted by molar-refractivity contribution is 5.79. The summed E-state index contributed by atoms with van der Waals surface area (Å²) >= 11 is 0. The minimum absolute atomic E-state index is 0.124. The smallest absolute Gasteiger partial charge is 0.387 e. The minimum Gasteiger partial charge on any atom is -0.434 e. The van der Waals surface area contributed by atoms with Crippen molar-refractivity contribution in [1.29, 1.82) is 0 Å². The average Bonchev–Trinajstić information content (AvgIpc) is 3.02. The molecular weight excluding hydrogens is 394 g/mol. The maximum atomic E-state index is 12.7. The molecule has 0 atom stereocenters. The van der Waals surface area contributed by atoms with E-state index in [4.69, 9.17) is 4.74 Å². The average molecular weight is 424 g/mol. The molecule has 0 aliphatic rings. The van der Waals surface area contributed by atoms with Gasteiger partial charge in [0.25, 0.3) is 0 Å². The molecular formula is C20H30F2N6O2. The summed E-state index contributed by atoms with van der Waals surface area (Å²) in [7, 11) is 1.89. The highest BCUT2D eigenvalue weighted by atomic mass is 19.3. The summed E-state index contributed by atoms with van der Waals surface area (Å²) in [4.78, 5) is 4.54. The first-order valence-corrected chi connectivity index (χ1v) is 9.89. The highest BCUT2D eigenvalue weighted by Gasteiger charge is 2.11.